The molecule has 0 radical (unpaired) electrons. The second kappa shape index (κ2) is 5.68. The van der Waals surface area contributed by atoms with Crippen LogP contribution in [0.1, 0.15) is 11.3 Å². The van der Waals surface area contributed by atoms with Gasteiger partial charge >= 0.3 is 0 Å². The fourth-order valence-corrected chi connectivity index (χ4v) is 2.79. The van der Waals surface area contributed by atoms with Crippen molar-refractivity contribution in [3.05, 3.63) is 71.7 Å². The van der Waals surface area contributed by atoms with Gasteiger partial charge in [-0.3, -0.25) is 0 Å². The van der Waals surface area contributed by atoms with Crippen molar-refractivity contribution >= 4 is 17.5 Å². The van der Waals surface area contributed by atoms with Crippen molar-refractivity contribution in [3.63, 3.8) is 0 Å². The van der Waals surface area contributed by atoms with Gasteiger partial charge < -0.3 is 9.47 Å². The fraction of sp³-hybridized carbons (Fsp3) is 0.211. The lowest BCUT2D eigenvalue weighted by molar-refractivity contribution is -0.428. The van der Waals surface area contributed by atoms with Crippen molar-refractivity contribution in [1.82, 2.24) is 4.57 Å². The molecule has 2 heterocycles. The average Bonchev–Trinajstić information content (AvgIpc) is 3.10. The SMILES string of the molecule is CN(C)c1ccc(C(=C2C=CC=[N+]2C)c2cccn2C)cc1. The number of aromatic nitrogens is 1. The summed E-state index contributed by atoms with van der Waals surface area (Å²) in [5.74, 6) is 0. The number of allylic oxidation sites excluding steroid dienone is 2. The third-order valence-corrected chi connectivity index (χ3v) is 4.07. The van der Waals surface area contributed by atoms with Crippen molar-refractivity contribution in [2.24, 2.45) is 7.05 Å². The van der Waals surface area contributed by atoms with Gasteiger partial charge in [0.25, 0.3) is 0 Å². The van der Waals surface area contributed by atoms with Gasteiger partial charge in [0.1, 0.15) is 7.05 Å². The predicted octanol–water partition coefficient (Wildman–Crippen LogP) is 3.13. The van der Waals surface area contributed by atoms with Crippen LogP contribution < -0.4 is 4.90 Å². The Balaban J connectivity index is 2.17. The lowest BCUT2D eigenvalue weighted by Crippen LogP contribution is -2.09. The smallest absolute Gasteiger partial charge is 0.215 e. The van der Waals surface area contributed by atoms with Gasteiger partial charge in [-0.2, -0.15) is 0 Å². The van der Waals surface area contributed by atoms with Crippen LogP contribution >= 0.6 is 0 Å². The van der Waals surface area contributed by atoms with E-state index in [0.717, 1.165) is 0 Å². The van der Waals surface area contributed by atoms with Crippen LogP contribution in [0.15, 0.2) is 60.4 Å². The van der Waals surface area contributed by atoms with Crippen molar-refractivity contribution in [3.8, 4) is 0 Å². The normalized spacial score (nSPS) is 15.9. The number of rotatable bonds is 3. The monoisotopic (exact) mass is 292 g/mol. The van der Waals surface area contributed by atoms with Gasteiger partial charge in [-0.15, -0.1) is 0 Å². The van der Waals surface area contributed by atoms with Gasteiger partial charge in [0.05, 0.1) is 11.3 Å². The summed E-state index contributed by atoms with van der Waals surface area (Å²) in [7, 11) is 8.31. The minimum Gasteiger partial charge on any atom is -0.378 e. The fourth-order valence-electron chi connectivity index (χ4n) is 2.79. The van der Waals surface area contributed by atoms with E-state index in [1.165, 1.54) is 28.2 Å². The minimum absolute atomic E-state index is 1.21. The predicted molar refractivity (Wildman–Crippen MR) is 93.6 cm³/mol. The highest BCUT2D eigenvalue weighted by molar-refractivity contribution is 5.84. The Kier molecular flexibility index (Phi) is 3.72. The molecular formula is C19H22N3+. The van der Waals surface area contributed by atoms with Crippen molar-refractivity contribution in [2.75, 3.05) is 26.0 Å². The second-order valence-electron chi connectivity index (χ2n) is 5.82. The first-order chi connectivity index (χ1) is 10.6. The molecule has 1 aromatic carbocycles. The number of hydrogen-bond acceptors (Lipinski definition) is 1. The van der Waals surface area contributed by atoms with E-state index in [1.54, 1.807) is 0 Å². The van der Waals surface area contributed by atoms with E-state index in [0.29, 0.717) is 0 Å². The maximum absolute atomic E-state index is 2.20. The molecule has 3 heteroatoms. The summed E-state index contributed by atoms with van der Waals surface area (Å²) in [6.07, 6.45) is 8.44. The van der Waals surface area contributed by atoms with E-state index in [1.807, 2.05) is 0 Å². The zero-order valence-corrected chi connectivity index (χ0v) is 13.6. The molecule has 0 saturated carbocycles. The molecule has 0 unspecified atom stereocenters. The summed E-state index contributed by atoms with van der Waals surface area (Å²) >= 11 is 0. The highest BCUT2D eigenvalue weighted by Crippen LogP contribution is 2.30. The van der Waals surface area contributed by atoms with Crippen LogP contribution in [0, 0.1) is 0 Å². The lowest BCUT2D eigenvalue weighted by Gasteiger charge is -2.14. The summed E-state index contributed by atoms with van der Waals surface area (Å²) in [4.78, 5) is 2.12. The van der Waals surface area contributed by atoms with E-state index in [2.05, 4.69) is 103 Å². The minimum atomic E-state index is 1.21. The Morgan fingerprint density at radius 1 is 1.09 bits per heavy atom. The molecule has 0 bridgehead atoms. The molecule has 0 spiro atoms. The van der Waals surface area contributed by atoms with E-state index >= 15 is 0 Å². The summed E-state index contributed by atoms with van der Waals surface area (Å²) in [5.41, 5.74) is 6.14. The largest absolute Gasteiger partial charge is 0.378 e. The Morgan fingerprint density at radius 3 is 2.32 bits per heavy atom. The quantitative estimate of drug-likeness (QED) is 0.791. The van der Waals surface area contributed by atoms with Crippen LogP contribution in [-0.4, -0.2) is 36.5 Å². The highest BCUT2D eigenvalue weighted by Gasteiger charge is 2.21. The third-order valence-electron chi connectivity index (χ3n) is 4.07. The summed E-state index contributed by atoms with van der Waals surface area (Å²) in [5, 5.41) is 0. The molecule has 0 amide bonds. The molecule has 0 atom stereocenters. The first-order valence-corrected chi connectivity index (χ1v) is 7.46. The Morgan fingerprint density at radius 2 is 1.82 bits per heavy atom. The maximum atomic E-state index is 2.20. The molecule has 1 aliphatic rings. The zero-order chi connectivity index (χ0) is 15.7. The number of hydrogen-bond donors (Lipinski definition) is 0. The Hall–Kier alpha value is -2.55. The molecule has 112 valence electrons. The molecule has 22 heavy (non-hydrogen) atoms. The van der Waals surface area contributed by atoms with E-state index < -0.39 is 0 Å². The van der Waals surface area contributed by atoms with Crippen molar-refractivity contribution < 1.29 is 4.58 Å². The Bertz CT molecular complexity index is 771. The number of aryl methyl sites for hydroxylation is 1. The summed E-state index contributed by atoms with van der Waals surface area (Å²) < 4.78 is 4.34. The second-order valence-corrected chi connectivity index (χ2v) is 5.82. The van der Waals surface area contributed by atoms with Crippen LogP contribution in [0.4, 0.5) is 5.69 Å². The topological polar surface area (TPSA) is 11.2 Å². The number of anilines is 1. The van der Waals surface area contributed by atoms with Gasteiger partial charge in [0.2, 0.25) is 5.70 Å². The van der Waals surface area contributed by atoms with Crippen LogP contribution in [-0.2, 0) is 7.05 Å². The molecule has 0 saturated heterocycles. The molecule has 3 nitrogen and oxygen atoms in total. The number of benzene rings is 1. The number of likely N-dealkylation sites (N-methyl/N-ethyl adjacent to an activating group) is 1. The first kappa shape index (κ1) is 14.4. The van der Waals surface area contributed by atoms with Crippen LogP contribution in [0.5, 0.6) is 0 Å². The van der Waals surface area contributed by atoms with E-state index in [4.69, 9.17) is 0 Å². The maximum Gasteiger partial charge on any atom is 0.215 e. The standard InChI is InChI=1S/C19H22N3/c1-20(2)16-11-9-15(10-12-16)19(17-7-5-13-21(17)3)18-8-6-14-22(18)4/h5-14H,1-4H3/q+1. The van der Waals surface area contributed by atoms with Gasteiger partial charge in [0, 0.05) is 45.2 Å². The van der Waals surface area contributed by atoms with Crippen LogP contribution in [0.2, 0.25) is 0 Å². The molecule has 2 aromatic rings. The first-order valence-electron chi connectivity index (χ1n) is 7.46. The van der Waals surface area contributed by atoms with Crippen LogP contribution in [0.25, 0.3) is 5.57 Å². The number of nitrogens with zero attached hydrogens (tertiary/aromatic N) is 3. The molecule has 1 aromatic heterocycles. The van der Waals surface area contributed by atoms with Gasteiger partial charge in [-0.1, -0.05) is 12.1 Å². The lowest BCUT2D eigenvalue weighted by atomic mass is 9.99. The molecule has 0 fully saturated rings. The molecule has 1 aliphatic heterocycles. The third kappa shape index (κ3) is 2.50. The van der Waals surface area contributed by atoms with Gasteiger partial charge in [-0.25, -0.2) is 4.58 Å². The average molecular weight is 292 g/mol. The zero-order valence-electron chi connectivity index (χ0n) is 13.6. The molecule has 3 rings (SSSR count). The van der Waals surface area contributed by atoms with Crippen molar-refractivity contribution in [2.45, 2.75) is 0 Å². The van der Waals surface area contributed by atoms with E-state index in [9.17, 15) is 0 Å². The Labute approximate surface area is 132 Å². The molecule has 0 aliphatic carbocycles. The van der Waals surface area contributed by atoms with Crippen molar-refractivity contribution in [1.29, 1.82) is 0 Å². The van der Waals surface area contributed by atoms with Crippen LogP contribution in [0.3, 0.4) is 0 Å². The summed E-state index contributed by atoms with van der Waals surface area (Å²) in [6, 6.07) is 13.0. The van der Waals surface area contributed by atoms with Gasteiger partial charge in [-0.05, 0) is 29.8 Å². The summed E-state index contributed by atoms with van der Waals surface area (Å²) in [6.45, 7) is 0. The van der Waals surface area contributed by atoms with E-state index in [-0.39, 0.29) is 0 Å². The molecular weight excluding hydrogens is 270 g/mol. The molecule has 0 N–H and O–H groups in total. The van der Waals surface area contributed by atoms with Gasteiger partial charge in [0.15, 0.2) is 6.21 Å². The highest BCUT2D eigenvalue weighted by atomic mass is 15.1.